The lowest BCUT2D eigenvalue weighted by atomic mass is 10.1. The SMILES string of the molecule is COC(=O)c1ccc(C(=O)Nc2cnc3c(c2)c(C)nn3C)cc1. The Balaban J connectivity index is 1.81. The number of aryl methyl sites for hydroxylation is 2. The molecule has 3 aromatic rings. The van der Waals surface area contributed by atoms with E-state index in [0.717, 1.165) is 16.7 Å². The minimum Gasteiger partial charge on any atom is -0.465 e. The molecule has 0 radical (unpaired) electrons. The van der Waals surface area contributed by atoms with Gasteiger partial charge in [-0.05, 0) is 37.3 Å². The molecule has 0 fully saturated rings. The van der Waals surface area contributed by atoms with Crippen molar-refractivity contribution in [1.29, 1.82) is 0 Å². The van der Waals surface area contributed by atoms with Crippen LogP contribution in [0, 0.1) is 6.92 Å². The molecular weight excluding hydrogens is 308 g/mol. The van der Waals surface area contributed by atoms with E-state index in [0.29, 0.717) is 16.8 Å². The van der Waals surface area contributed by atoms with Crippen molar-refractivity contribution in [2.45, 2.75) is 6.92 Å². The van der Waals surface area contributed by atoms with E-state index in [1.807, 2.05) is 20.0 Å². The third-order valence-electron chi connectivity index (χ3n) is 3.69. The van der Waals surface area contributed by atoms with Gasteiger partial charge in [0, 0.05) is 18.0 Å². The Labute approximate surface area is 138 Å². The molecule has 7 nitrogen and oxygen atoms in total. The first-order valence-electron chi connectivity index (χ1n) is 7.28. The van der Waals surface area contributed by atoms with Crippen LogP contribution < -0.4 is 5.32 Å². The molecule has 3 rings (SSSR count). The summed E-state index contributed by atoms with van der Waals surface area (Å²) in [5, 5.41) is 7.98. The van der Waals surface area contributed by atoms with Crippen molar-refractivity contribution in [3.63, 3.8) is 0 Å². The third-order valence-corrected chi connectivity index (χ3v) is 3.69. The number of fused-ring (bicyclic) bond motifs is 1. The Morgan fingerprint density at radius 1 is 1.17 bits per heavy atom. The summed E-state index contributed by atoms with van der Waals surface area (Å²) in [5.41, 5.74) is 3.01. The van der Waals surface area contributed by atoms with Crippen LogP contribution in [0.1, 0.15) is 26.4 Å². The van der Waals surface area contributed by atoms with Crippen molar-refractivity contribution < 1.29 is 14.3 Å². The second kappa shape index (κ2) is 6.11. The maximum atomic E-state index is 12.3. The van der Waals surface area contributed by atoms with E-state index in [2.05, 4.69) is 20.1 Å². The number of aromatic nitrogens is 3. The highest BCUT2D eigenvalue weighted by molar-refractivity contribution is 6.05. The number of ether oxygens (including phenoxy) is 1. The van der Waals surface area contributed by atoms with Gasteiger partial charge in [0.2, 0.25) is 0 Å². The average molecular weight is 324 g/mol. The summed E-state index contributed by atoms with van der Waals surface area (Å²) in [5.74, 6) is -0.724. The van der Waals surface area contributed by atoms with Crippen LogP contribution in [-0.4, -0.2) is 33.8 Å². The van der Waals surface area contributed by atoms with E-state index < -0.39 is 5.97 Å². The van der Waals surface area contributed by atoms with E-state index in [1.165, 1.54) is 7.11 Å². The quantitative estimate of drug-likeness (QED) is 0.747. The highest BCUT2D eigenvalue weighted by Gasteiger charge is 2.11. The molecule has 0 aliphatic carbocycles. The monoisotopic (exact) mass is 324 g/mol. The molecule has 1 N–H and O–H groups in total. The summed E-state index contributed by atoms with van der Waals surface area (Å²) in [7, 11) is 3.13. The fraction of sp³-hybridized carbons (Fsp3) is 0.176. The summed E-state index contributed by atoms with van der Waals surface area (Å²) in [6.45, 7) is 1.89. The van der Waals surface area contributed by atoms with E-state index in [-0.39, 0.29) is 5.91 Å². The van der Waals surface area contributed by atoms with Crippen molar-refractivity contribution in [3.05, 3.63) is 53.3 Å². The lowest BCUT2D eigenvalue weighted by molar-refractivity contribution is 0.0600. The normalized spacial score (nSPS) is 10.6. The van der Waals surface area contributed by atoms with Crippen LogP contribution in [0.2, 0.25) is 0 Å². The zero-order valence-corrected chi connectivity index (χ0v) is 13.5. The minimum absolute atomic E-state index is 0.283. The number of benzene rings is 1. The van der Waals surface area contributed by atoms with Gasteiger partial charge >= 0.3 is 5.97 Å². The Bertz CT molecular complexity index is 929. The summed E-state index contributed by atoms with van der Waals surface area (Å²) in [6.07, 6.45) is 1.59. The van der Waals surface area contributed by atoms with Crippen molar-refractivity contribution in [2.24, 2.45) is 7.05 Å². The van der Waals surface area contributed by atoms with Gasteiger partial charge in [0.15, 0.2) is 5.65 Å². The van der Waals surface area contributed by atoms with E-state index in [4.69, 9.17) is 0 Å². The van der Waals surface area contributed by atoms with Crippen LogP contribution in [-0.2, 0) is 11.8 Å². The highest BCUT2D eigenvalue weighted by atomic mass is 16.5. The number of hydrogen-bond acceptors (Lipinski definition) is 5. The molecule has 24 heavy (non-hydrogen) atoms. The second-order valence-corrected chi connectivity index (χ2v) is 5.33. The van der Waals surface area contributed by atoms with Gasteiger partial charge in [-0.15, -0.1) is 0 Å². The number of hydrogen-bond donors (Lipinski definition) is 1. The molecule has 7 heteroatoms. The summed E-state index contributed by atoms with van der Waals surface area (Å²) >= 11 is 0. The van der Waals surface area contributed by atoms with Crippen molar-refractivity contribution in [2.75, 3.05) is 12.4 Å². The molecule has 2 aromatic heterocycles. The van der Waals surface area contributed by atoms with Gasteiger partial charge < -0.3 is 10.1 Å². The number of carbonyl (C=O) groups is 2. The standard InChI is InChI=1S/C17H16N4O3/c1-10-14-8-13(9-18-15(14)21(2)20-10)19-16(22)11-4-6-12(7-5-11)17(23)24-3/h4-9H,1-3H3,(H,19,22). The lowest BCUT2D eigenvalue weighted by Gasteiger charge is -2.06. The lowest BCUT2D eigenvalue weighted by Crippen LogP contribution is -2.12. The molecule has 0 bridgehead atoms. The van der Waals surface area contributed by atoms with Gasteiger partial charge in [-0.3, -0.25) is 9.48 Å². The Kier molecular flexibility index (Phi) is 3.99. The predicted octanol–water partition coefficient (Wildman–Crippen LogP) is 2.32. The Morgan fingerprint density at radius 3 is 2.50 bits per heavy atom. The first-order valence-corrected chi connectivity index (χ1v) is 7.28. The molecule has 0 saturated heterocycles. The Morgan fingerprint density at radius 2 is 1.83 bits per heavy atom. The van der Waals surface area contributed by atoms with Crippen LogP contribution in [0.15, 0.2) is 36.5 Å². The molecule has 0 unspecified atom stereocenters. The van der Waals surface area contributed by atoms with Gasteiger partial charge in [-0.25, -0.2) is 9.78 Å². The maximum Gasteiger partial charge on any atom is 0.337 e. The first kappa shape index (κ1) is 15.7. The summed E-state index contributed by atoms with van der Waals surface area (Å²) in [4.78, 5) is 28.0. The first-order chi connectivity index (χ1) is 11.5. The van der Waals surface area contributed by atoms with E-state index >= 15 is 0 Å². The highest BCUT2D eigenvalue weighted by Crippen LogP contribution is 2.19. The van der Waals surface area contributed by atoms with Crippen LogP contribution in [0.3, 0.4) is 0 Å². The van der Waals surface area contributed by atoms with Crippen molar-refractivity contribution in [1.82, 2.24) is 14.8 Å². The van der Waals surface area contributed by atoms with Crippen LogP contribution in [0.4, 0.5) is 5.69 Å². The largest absolute Gasteiger partial charge is 0.465 e. The number of pyridine rings is 1. The predicted molar refractivity (Wildman–Crippen MR) is 89.0 cm³/mol. The molecule has 0 aliphatic heterocycles. The zero-order chi connectivity index (χ0) is 17.3. The van der Waals surface area contributed by atoms with Gasteiger partial charge in [0.05, 0.1) is 30.3 Å². The molecule has 0 spiro atoms. The minimum atomic E-state index is -0.441. The molecular formula is C17H16N4O3. The van der Waals surface area contributed by atoms with Gasteiger partial charge in [-0.1, -0.05) is 0 Å². The maximum absolute atomic E-state index is 12.3. The zero-order valence-electron chi connectivity index (χ0n) is 13.5. The topological polar surface area (TPSA) is 86.1 Å². The average Bonchev–Trinajstić information content (AvgIpc) is 2.88. The van der Waals surface area contributed by atoms with Crippen molar-refractivity contribution >= 4 is 28.6 Å². The third kappa shape index (κ3) is 2.83. The number of methoxy groups -OCH3 is 1. The number of nitrogens with zero attached hydrogens (tertiary/aromatic N) is 3. The number of carbonyl (C=O) groups excluding carboxylic acids is 2. The Hall–Kier alpha value is -3.22. The number of nitrogens with one attached hydrogen (secondary N) is 1. The number of anilines is 1. The molecule has 1 amide bonds. The van der Waals surface area contributed by atoms with Gasteiger partial charge in [-0.2, -0.15) is 5.10 Å². The molecule has 1 aromatic carbocycles. The summed E-state index contributed by atoms with van der Waals surface area (Å²) in [6, 6.07) is 8.08. The van der Waals surface area contributed by atoms with E-state index in [1.54, 1.807) is 35.1 Å². The molecule has 0 aliphatic rings. The van der Waals surface area contributed by atoms with E-state index in [9.17, 15) is 9.59 Å². The second-order valence-electron chi connectivity index (χ2n) is 5.33. The molecule has 2 heterocycles. The van der Waals surface area contributed by atoms with Crippen LogP contribution in [0.5, 0.6) is 0 Å². The van der Waals surface area contributed by atoms with Gasteiger partial charge in [0.25, 0.3) is 5.91 Å². The molecule has 0 atom stereocenters. The fourth-order valence-corrected chi connectivity index (χ4v) is 2.46. The number of amides is 1. The van der Waals surface area contributed by atoms with Gasteiger partial charge in [0.1, 0.15) is 0 Å². The molecule has 0 saturated carbocycles. The fourth-order valence-electron chi connectivity index (χ4n) is 2.46. The van der Waals surface area contributed by atoms with Crippen LogP contribution >= 0.6 is 0 Å². The summed E-state index contributed by atoms with van der Waals surface area (Å²) < 4.78 is 6.33. The number of rotatable bonds is 3. The number of esters is 1. The molecule has 122 valence electrons. The van der Waals surface area contributed by atoms with Crippen LogP contribution in [0.25, 0.3) is 11.0 Å². The smallest absolute Gasteiger partial charge is 0.337 e. The van der Waals surface area contributed by atoms with Crippen molar-refractivity contribution in [3.8, 4) is 0 Å².